The second-order valence-corrected chi connectivity index (χ2v) is 18.0. The van der Waals surface area contributed by atoms with Crippen LogP contribution in [0.4, 0.5) is 22.7 Å². The van der Waals surface area contributed by atoms with Gasteiger partial charge >= 0.3 is 0 Å². The number of quaternary nitrogens is 2. The molecule has 2 atom stereocenters. The van der Waals surface area contributed by atoms with Crippen LogP contribution >= 0.6 is 0 Å². The molecule has 5 aromatic carbocycles. The minimum Gasteiger partial charge on any atom is -0.457 e. The van der Waals surface area contributed by atoms with Gasteiger partial charge in [0.2, 0.25) is 11.4 Å². The molecule has 278 valence electrons. The van der Waals surface area contributed by atoms with Gasteiger partial charge in [-0.25, -0.2) is 4.98 Å². The molecular weight excluding hydrogens is 673 g/mol. The van der Waals surface area contributed by atoms with Gasteiger partial charge in [0.25, 0.3) is 0 Å². The van der Waals surface area contributed by atoms with E-state index in [1.807, 2.05) is 6.20 Å². The van der Waals surface area contributed by atoms with E-state index in [2.05, 4.69) is 195 Å². The van der Waals surface area contributed by atoms with Gasteiger partial charge in [-0.1, -0.05) is 105 Å². The topological polar surface area (TPSA) is 27.1 Å². The summed E-state index contributed by atoms with van der Waals surface area (Å²) >= 11 is 0. The van der Waals surface area contributed by atoms with Crippen molar-refractivity contribution in [2.24, 2.45) is 0 Å². The first-order valence-electron chi connectivity index (χ1n) is 19.9. The molecule has 1 unspecified atom stereocenters. The van der Waals surface area contributed by atoms with E-state index in [0.29, 0.717) is 9.18 Å². The predicted molar refractivity (Wildman–Crippen MR) is 231 cm³/mol. The summed E-state index contributed by atoms with van der Waals surface area (Å²) in [6.07, 6.45) is 4.11. The van der Waals surface area contributed by atoms with E-state index in [1.54, 1.807) is 0 Å². The summed E-state index contributed by atoms with van der Waals surface area (Å²) in [5.41, 5.74) is 11.3. The average molecular weight is 726 g/mol. The Balaban J connectivity index is 1.17. The van der Waals surface area contributed by atoms with Crippen LogP contribution in [0.5, 0.6) is 11.5 Å². The van der Waals surface area contributed by atoms with E-state index in [-0.39, 0.29) is 16.2 Å². The Morgan fingerprint density at radius 3 is 1.93 bits per heavy atom. The zero-order valence-electron chi connectivity index (χ0n) is 33.8. The van der Waals surface area contributed by atoms with E-state index in [4.69, 9.17) is 9.72 Å². The van der Waals surface area contributed by atoms with Crippen LogP contribution in [0.3, 0.4) is 0 Å². The number of rotatable bonds is 8. The maximum atomic E-state index is 6.97. The van der Waals surface area contributed by atoms with Gasteiger partial charge in [-0.05, 0) is 82.2 Å². The van der Waals surface area contributed by atoms with Crippen molar-refractivity contribution in [3.05, 3.63) is 151 Å². The molecule has 1 saturated heterocycles. The van der Waals surface area contributed by atoms with E-state index < -0.39 is 0 Å². The van der Waals surface area contributed by atoms with Crippen LogP contribution in [0.1, 0.15) is 91.8 Å². The SMILES string of the molecule is CCC(C)(CC)c1ccnc(-n2c3ccccc3c3ccc(Oc4cc(C(C)(C)C)cc([N+]56[CH-][N@+]5(c5cccc(C(C)(C)C)c5)c5ccccc56)c4)cc32)c1. The van der Waals surface area contributed by atoms with Gasteiger partial charge in [-0.15, -0.1) is 0 Å². The van der Waals surface area contributed by atoms with Crippen LogP contribution in [0.25, 0.3) is 27.6 Å². The fourth-order valence-corrected chi connectivity index (χ4v) is 8.88. The first-order chi connectivity index (χ1) is 26.2. The van der Waals surface area contributed by atoms with Crippen LogP contribution in [0.2, 0.25) is 0 Å². The number of para-hydroxylation sites is 3. The number of aromatic nitrogens is 2. The second-order valence-electron chi connectivity index (χ2n) is 18.0. The van der Waals surface area contributed by atoms with Crippen molar-refractivity contribution in [2.75, 3.05) is 0 Å². The van der Waals surface area contributed by atoms with Crippen LogP contribution in [0.15, 0.2) is 128 Å². The van der Waals surface area contributed by atoms with Crippen molar-refractivity contribution in [3.8, 4) is 17.3 Å². The number of pyridine rings is 1. The maximum Gasteiger partial charge on any atom is 0.225 e. The highest BCUT2D eigenvalue weighted by Gasteiger charge is 2.78. The third-order valence-electron chi connectivity index (χ3n) is 12.8. The van der Waals surface area contributed by atoms with Crippen molar-refractivity contribution < 1.29 is 4.74 Å². The summed E-state index contributed by atoms with van der Waals surface area (Å²) in [7, 11) is 0. The molecule has 0 radical (unpaired) electrons. The summed E-state index contributed by atoms with van der Waals surface area (Å²) in [5.74, 6) is 2.57. The Morgan fingerprint density at radius 2 is 1.22 bits per heavy atom. The minimum absolute atomic E-state index is 0.0504. The highest BCUT2D eigenvalue weighted by atomic mass is 16.5. The minimum atomic E-state index is -0.0901. The largest absolute Gasteiger partial charge is 0.457 e. The van der Waals surface area contributed by atoms with Gasteiger partial charge < -0.3 is 4.74 Å². The van der Waals surface area contributed by atoms with Crippen molar-refractivity contribution >= 4 is 44.6 Å². The number of hydrogen-bond donors (Lipinski definition) is 0. The molecule has 4 heterocycles. The Hall–Kier alpha value is -5.23. The summed E-state index contributed by atoms with van der Waals surface area (Å²) in [6, 6.07) is 44.6. The van der Waals surface area contributed by atoms with Gasteiger partial charge in [0, 0.05) is 59.4 Å². The number of hydrogen-bond acceptors (Lipinski definition) is 2. The fourth-order valence-electron chi connectivity index (χ4n) is 8.88. The first kappa shape index (κ1) is 35.5. The molecule has 9 rings (SSSR count). The zero-order valence-corrected chi connectivity index (χ0v) is 33.8. The number of ether oxygens (including phenoxy) is 1. The molecule has 7 aromatic rings. The van der Waals surface area contributed by atoms with Crippen molar-refractivity contribution in [2.45, 2.75) is 91.4 Å². The normalized spacial score (nSPS) is 19.2. The van der Waals surface area contributed by atoms with E-state index in [1.165, 1.54) is 50.2 Å². The van der Waals surface area contributed by atoms with Gasteiger partial charge in [0.05, 0.1) is 11.0 Å². The van der Waals surface area contributed by atoms with E-state index in [9.17, 15) is 0 Å². The Labute approximate surface area is 326 Å². The zero-order chi connectivity index (χ0) is 38.5. The van der Waals surface area contributed by atoms with E-state index >= 15 is 0 Å². The lowest BCUT2D eigenvalue weighted by molar-refractivity contribution is 0.421. The molecule has 2 aliphatic rings. The van der Waals surface area contributed by atoms with Gasteiger partial charge in [-0.3, -0.25) is 4.57 Å². The third-order valence-corrected chi connectivity index (χ3v) is 12.8. The lowest BCUT2D eigenvalue weighted by Crippen LogP contribution is -2.46. The Morgan fingerprint density at radius 1 is 0.564 bits per heavy atom. The first-order valence-corrected chi connectivity index (χ1v) is 19.9. The lowest BCUT2D eigenvalue weighted by Gasteiger charge is -2.40. The summed E-state index contributed by atoms with van der Waals surface area (Å²) in [5, 5.41) is 2.39. The summed E-state index contributed by atoms with van der Waals surface area (Å²) < 4.78 is 10.6. The monoisotopic (exact) mass is 725 g/mol. The van der Waals surface area contributed by atoms with Crippen molar-refractivity contribution in [1.29, 1.82) is 0 Å². The molecule has 0 amide bonds. The van der Waals surface area contributed by atoms with Crippen molar-refractivity contribution in [1.82, 2.24) is 18.7 Å². The smallest absolute Gasteiger partial charge is 0.225 e. The standard InChI is InChI=1S/C50H53N4O/c1-10-50(9,11-2)35-25-26-51-47(30-35)52-43-20-13-12-19-41(43)42-24-23-39(32-44(42)52)55-40-29-36(49(6,7)8)28-38(31-40)54-33-53(54,45-21-14-15-22-46(45)54)37-18-16-17-34(27-37)48(3,4)5/h12-33H,10-11H2,1-9H3/q+1/t53-,54?/m0/s1. The number of benzene rings is 5. The van der Waals surface area contributed by atoms with Crippen LogP contribution in [0, 0.1) is 6.67 Å². The molecule has 0 N–H and O–H groups in total. The highest BCUT2D eigenvalue weighted by molar-refractivity contribution is 6.09. The van der Waals surface area contributed by atoms with Crippen LogP contribution in [-0.4, -0.2) is 9.55 Å². The van der Waals surface area contributed by atoms with E-state index in [0.717, 1.165) is 41.2 Å². The van der Waals surface area contributed by atoms with Gasteiger partial charge in [-0.2, -0.15) is 9.18 Å². The van der Waals surface area contributed by atoms with Gasteiger partial charge in [0.1, 0.15) is 17.3 Å². The van der Waals surface area contributed by atoms with Crippen molar-refractivity contribution in [3.63, 3.8) is 0 Å². The maximum absolute atomic E-state index is 6.97. The van der Waals surface area contributed by atoms with Crippen LogP contribution < -0.4 is 13.9 Å². The molecular formula is C50H53N4O+. The molecule has 0 spiro atoms. The Bertz CT molecular complexity index is 2630. The summed E-state index contributed by atoms with van der Waals surface area (Å²) in [6.45, 7) is 23.1. The number of nitrogens with zero attached hydrogens (tertiary/aromatic N) is 4. The third kappa shape index (κ3) is 5.23. The molecule has 55 heavy (non-hydrogen) atoms. The Kier molecular flexibility index (Phi) is 7.83. The molecule has 1 fully saturated rings. The second kappa shape index (κ2) is 12.1. The fraction of sp³-hybridized carbons (Fsp3) is 0.280. The molecule has 2 aromatic heterocycles. The molecule has 5 nitrogen and oxygen atoms in total. The molecule has 0 aliphatic carbocycles. The molecule has 2 aliphatic heterocycles. The lowest BCUT2D eigenvalue weighted by atomic mass is 9.78. The van der Waals surface area contributed by atoms with Crippen LogP contribution in [-0.2, 0) is 16.2 Å². The average Bonchev–Trinajstić information content (AvgIpc) is 3.67. The quantitative estimate of drug-likeness (QED) is 0.0886. The summed E-state index contributed by atoms with van der Waals surface area (Å²) in [4.78, 5) is 4.96. The molecule has 5 heteroatoms. The number of fused-ring (bicyclic) bond motifs is 7. The predicted octanol–water partition coefficient (Wildman–Crippen LogP) is 14.0. The highest BCUT2D eigenvalue weighted by Crippen LogP contribution is 2.75. The molecule has 0 saturated carbocycles. The molecule has 0 bridgehead atoms. The van der Waals surface area contributed by atoms with Gasteiger partial charge in [0.15, 0.2) is 18.0 Å².